The van der Waals surface area contributed by atoms with Crippen LogP contribution in [0.4, 0.5) is 18.9 Å². The molecule has 6 aromatic rings. The van der Waals surface area contributed by atoms with Crippen LogP contribution in [-0.2, 0) is 0 Å². The lowest BCUT2D eigenvalue weighted by molar-refractivity contribution is 0.502. The summed E-state index contributed by atoms with van der Waals surface area (Å²) in [4.78, 5) is 19.7. The molecule has 1 fully saturated rings. The molecule has 0 spiro atoms. The second-order valence-corrected chi connectivity index (χ2v) is 11.8. The first-order chi connectivity index (χ1) is 21.2. The fourth-order valence-corrected chi connectivity index (χ4v) is 6.27. The molecule has 0 aliphatic carbocycles. The standard InChI is InChI=1S/C34H32F3N7/c1-18-4-5-28(39-15-18)20(3)44-17-26(33-41-29-14-23(36)13-27(37)31(29)42-33)30-32(43-8-6-24(38)7-9-43)25(16-40-34(30)44)21-10-19(2)11-22(35)12-21/h4-5,10-17,20,24H,6-9,38H2,1-3H3,(H,41,42). The summed E-state index contributed by atoms with van der Waals surface area (Å²) < 4.78 is 45.8. The Hall–Kier alpha value is -4.70. The van der Waals surface area contributed by atoms with Crippen molar-refractivity contribution in [1.29, 1.82) is 0 Å². The Morgan fingerprint density at radius 1 is 0.909 bits per heavy atom. The molecule has 10 heteroatoms. The number of benzene rings is 2. The van der Waals surface area contributed by atoms with Gasteiger partial charge < -0.3 is 20.2 Å². The number of rotatable bonds is 5. The number of hydrogen-bond donors (Lipinski definition) is 2. The van der Waals surface area contributed by atoms with Crippen molar-refractivity contribution in [2.75, 3.05) is 18.0 Å². The Kier molecular flexibility index (Phi) is 6.88. The van der Waals surface area contributed by atoms with Gasteiger partial charge in [-0.2, -0.15) is 0 Å². The number of fused-ring (bicyclic) bond motifs is 2. The monoisotopic (exact) mass is 595 g/mol. The van der Waals surface area contributed by atoms with Crippen LogP contribution in [0.15, 0.2) is 61.1 Å². The van der Waals surface area contributed by atoms with Crippen molar-refractivity contribution in [3.05, 3.63) is 95.3 Å². The number of imidazole rings is 1. The summed E-state index contributed by atoms with van der Waals surface area (Å²) in [6.07, 6.45) is 7.15. The van der Waals surface area contributed by atoms with E-state index in [9.17, 15) is 13.2 Å². The second kappa shape index (κ2) is 10.8. The topological polar surface area (TPSA) is 88.7 Å². The molecule has 7 nitrogen and oxygen atoms in total. The highest BCUT2D eigenvalue weighted by Crippen LogP contribution is 2.44. The zero-order valence-corrected chi connectivity index (χ0v) is 24.7. The maximum absolute atomic E-state index is 14.8. The van der Waals surface area contributed by atoms with Crippen molar-refractivity contribution >= 4 is 27.8 Å². The van der Waals surface area contributed by atoms with Crippen molar-refractivity contribution in [3.63, 3.8) is 0 Å². The highest BCUT2D eigenvalue weighted by Gasteiger charge is 2.28. The molecule has 1 aliphatic heterocycles. The molecule has 224 valence electrons. The van der Waals surface area contributed by atoms with E-state index in [0.29, 0.717) is 35.7 Å². The number of hydrogen-bond acceptors (Lipinski definition) is 5. The van der Waals surface area contributed by atoms with Gasteiger partial charge in [0.15, 0.2) is 5.82 Å². The Labute approximate surface area is 252 Å². The zero-order valence-electron chi connectivity index (χ0n) is 24.7. The SMILES string of the molecule is Cc1ccc(C(C)n2cc(-c3nc4c(F)cc(F)cc4[nH]3)c3c(N4CCC(N)CC4)c(-c4cc(C)cc(F)c4)cnc32)nc1. The molecular formula is C34H32F3N7. The van der Waals surface area contributed by atoms with Crippen molar-refractivity contribution < 1.29 is 13.2 Å². The normalized spacial score (nSPS) is 15.0. The average Bonchev–Trinajstić information content (AvgIpc) is 3.59. The van der Waals surface area contributed by atoms with Gasteiger partial charge in [0.05, 0.1) is 28.3 Å². The predicted molar refractivity (Wildman–Crippen MR) is 167 cm³/mol. The fraction of sp³-hybridized carbons (Fsp3) is 0.265. The highest BCUT2D eigenvalue weighted by atomic mass is 19.1. The van der Waals surface area contributed by atoms with E-state index in [0.717, 1.165) is 52.4 Å². The first-order valence-corrected chi connectivity index (χ1v) is 14.8. The Morgan fingerprint density at radius 3 is 2.41 bits per heavy atom. The van der Waals surface area contributed by atoms with Crippen LogP contribution in [0.3, 0.4) is 0 Å². The second-order valence-electron chi connectivity index (χ2n) is 11.8. The number of aromatic amines is 1. The zero-order chi connectivity index (χ0) is 30.7. The Bertz CT molecular complexity index is 2000. The van der Waals surface area contributed by atoms with E-state index in [1.807, 2.05) is 55.9 Å². The molecule has 0 saturated carbocycles. The summed E-state index contributed by atoms with van der Waals surface area (Å²) in [6, 6.07) is 10.9. The molecule has 1 saturated heterocycles. The molecule has 5 heterocycles. The highest BCUT2D eigenvalue weighted by molar-refractivity contribution is 6.08. The summed E-state index contributed by atoms with van der Waals surface area (Å²) in [7, 11) is 0. The van der Waals surface area contributed by atoms with E-state index >= 15 is 0 Å². The van der Waals surface area contributed by atoms with Crippen LogP contribution in [0, 0.1) is 31.3 Å². The lowest BCUT2D eigenvalue weighted by atomic mass is 9.97. The Morgan fingerprint density at radius 2 is 1.68 bits per heavy atom. The third-order valence-corrected chi connectivity index (χ3v) is 8.56. The minimum Gasteiger partial charge on any atom is -0.370 e. The molecule has 0 amide bonds. The van der Waals surface area contributed by atoms with E-state index in [-0.39, 0.29) is 28.9 Å². The maximum atomic E-state index is 14.8. The van der Waals surface area contributed by atoms with Gasteiger partial charge >= 0.3 is 0 Å². The number of nitrogens with two attached hydrogens (primary N) is 1. The molecule has 44 heavy (non-hydrogen) atoms. The number of H-pyrrole nitrogens is 1. The van der Waals surface area contributed by atoms with Crippen molar-refractivity contribution in [3.8, 4) is 22.5 Å². The van der Waals surface area contributed by atoms with Crippen LogP contribution in [0.25, 0.3) is 44.6 Å². The van der Waals surface area contributed by atoms with Crippen molar-refractivity contribution in [2.24, 2.45) is 5.73 Å². The van der Waals surface area contributed by atoms with Crippen LogP contribution in [-0.4, -0.2) is 43.6 Å². The lowest BCUT2D eigenvalue weighted by Gasteiger charge is -2.34. The van der Waals surface area contributed by atoms with Gasteiger partial charge in [0.25, 0.3) is 0 Å². The number of anilines is 1. The molecule has 1 atom stereocenters. The van der Waals surface area contributed by atoms with Crippen LogP contribution >= 0.6 is 0 Å². The van der Waals surface area contributed by atoms with E-state index < -0.39 is 11.6 Å². The van der Waals surface area contributed by atoms with E-state index in [4.69, 9.17) is 10.7 Å². The number of piperidine rings is 1. The lowest BCUT2D eigenvalue weighted by Crippen LogP contribution is -2.40. The largest absolute Gasteiger partial charge is 0.370 e. The smallest absolute Gasteiger partial charge is 0.153 e. The third kappa shape index (κ3) is 4.89. The third-order valence-electron chi connectivity index (χ3n) is 8.56. The van der Waals surface area contributed by atoms with Gasteiger partial charge in [-0.05, 0) is 74.6 Å². The number of aryl methyl sites for hydroxylation is 2. The van der Waals surface area contributed by atoms with E-state index in [1.54, 1.807) is 6.20 Å². The summed E-state index contributed by atoms with van der Waals surface area (Å²) in [6.45, 7) is 7.28. The molecule has 3 N–H and O–H groups in total. The summed E-state index contributed by atoms with van der Waals surface area (Å²) in [5, 5.41) is 0.777. The number of halogens is 3. The summed E-state index contributed by atoms with van der Waals surface area (Å²) in [5.41, 5.74) is 13.0. The molecule has 7 rings (SSSR count). The number of nitrogens with zero attached hydrogens (tertiary/aromatic N) is 5. The van der Waals surface area contributed by atoms with Gasteiger partial charge in [-0.3, -0.25) is 4.98 Å². The van der Waals surface area contributed by atoms with Gasteiger partial charge in [-0.15, -0.1) is 0 Å². The maximum Gasteiger partial charge on any atom is 0.153 e. The minimum atomic E-state index is -0.747. The van der Waals surface area contributed by atoms with Gasteiger partial charge in [0, 0.05) is 54.9 Å². The number of pyridine rings is 2. The fourth-order valence-electron chi connectivity index (χ4n) is 6.27. The molecule has 0 bridgehead atoms. The van der Waals surface area contributed by atoms with Gasteiger partial charge in [0.2, 0.25) is 0 Å². The van der Waals surface area contributed by atoms with Crippen molar-refractivity contribution in [1.82, 2.24) is 24.5 Å². The van der Waals surface area contributed by atoms with Crippen LogP contribution in [0.5, 0.6) is 0 Å². The van der Waals surface area contributed by atoms with Gasteiger partial charge in [0.1, 0.15) is 28.6 Å². The molecule has 2 aromatic carbocycles. The molecule has 0 radical (unpaired) electrons. The predicted octanol–water partition coefficient (Wildman–Crippen LogP) is 7.21. The summed E-state index contributed by atoms with van der Waals surface area (Å²) >= 11 is 0. The Balaban J connectivity index is 1.55. The average molecular weight is 596 g/mol. The molecule has 4 aromatic heterocycles. The van der Waals surface area contributed by atoms with E-state index in [2.05, 4.69) is 19.9 Å². The quantitative estimate of drug-likeness (QED) is 0.220. The number of aromatic nitrogens is 5. The van der Waals surface area contributed by atoms with Gasteiger partial charge in [-0.1, -0.05) is 12.1 Å². The van der Waals surface area contributed by atoms with Crippen LogP contribution < -0.4 is 10.6 Å². The van der Waals surface area contributed by atoms with E-state index in [1.165, 1.54) is 18.2 Å². The first-order valence-electron chi connectivity index (χ1n) is 14.8. The molecular weight excluding hydrogens is 563 g/mol. The summed E-state index contributed by atoms with van der Waals surface area (Å²) in [5.74, 6) is -1.40. The first kappa shape index (κ1) is 28.1. The minimum absolute atomic E-state index is 0.0471. The van der Waals surface area contributed by atoms with Crippen molar-refractivity contribution in [2.45, 2.75) is 45.7 Å². The molecule has 1 aliphatic rings. The molecule has 1 unspecified atom stereocenters. The van der Waals surface area contributed by atoms with Crippen LogP contribution in [0.1, 0.15) is 42.6 Å². The van der Waals surface area contributed by atoms with Gasteiger partial charge in [-0.25, -0.2) is 23.1 Å². The van der Waals surface area contributed by atoms with Crippen LogP contribution in [0.2, 0.25) is 0 Å². The number of nitrogens with one attached hydrogen (secondary N) is 1.